The maximum Gasteiger partial charge on any atom is 0.121 e. The van der Waals surface area contributed by atoms with E-state index >= 15 is 0 Å². The first-order chi connectivity index (χ1) is 9.49. The summed E-state index contributed by atoms with van der Waals surface area (Å²) in [6.45, 7) is 7.95. The lowest BCUT2D eigenvalue weighted by atomic mass is 10.1. The van der Waals surface area contributed by atoms with E-state index in [0.717, 1.165) is 35.1 Å². The van der Waals surface area contributed by atoms with Crippen molar-refractivity contribution in [3.05, 3.63) is 58.7 Å². The number of phenolic OH excluding ortho intramolecular Hbond substituents is 2. The topological polar surface area (TPSA) is 40.5 Å². The molecular formula is C18H24O2. The number of aromatic hydroxyl groups is 2. The first kappa shape index (κ1) is 16.1. The summed E-state index contributed by atoms with van der Waals surface area (Å²) in [4.78, 5) is 0. The molecule has 2 nitrogen and oxygen atoms in total. The van der Waals surface area contributed by atoms with E-state index in [1.807, 2.05) is 58.0 Å². The molecule has 2 rings (SSSR count). The maximum atomic E-state index is 9.40. The molecule has 0 spiro atoms. The van der Waals surface area contributed by atoms with Crippen LogP contribution in [-0.4, -0.2) is 10.2 Å². The molecule has 20 heavy (non-hydrogen) atoms. The van der Waals surface area contributed by atoms with Crippen LogP contribution in [0.3, 0.4) is 0 Å². The zero-order valence-electron chi connectivity index (χ0n) is 12.8. The predicted octanol–water partition coefficient (Wildman–Crippen LogP) is 4.53. The smallest absolute Gasteiger partial charge is 0.121 e. The number of hydrogen-bond acceptors (Lipinski definition) is 2. The minimum absolute atomic E-state index is 0.419. The fraction of sp³-hybridized carbons (Fsp3) is 0.333. The van der Waals surface area contributed by atoms with Crippen molar-refractivity contribution >= 4 is 0 Å². The molecule has 0 atom stereocenters. The molecule has 0 fully saturated rings. The van der Waals surface area contributed by atoms with Crippen LogP contribution in [0.15, 0.2) is 36.4 Å². The third kappa shape index (κ3) is 4.30. The first-order valence-corrected chi connectivity index (χ1v) is 7.05. The molecule has 0 heterocycles. The zero-order valence-corrected chi connectivity index (χ0v) is 12.8. The molecule has 0 saturated carbocycles. The average Bonchev–Trinajstić information content (AvgIpc) is 2.43. The Kier molecular flexibility index (Phi) is 6.10. The maximum absolute atomic E-state index is 9.40. The number of aryl methyl sites for hydroxylation is 4. The monoisotopic (exact) mass is 272 g/mol. The molecule has 2 aromatic rings. The van der Waals surface area contributed by atoms with E-state index in [1.165, 1.54) is 0 Å². The Morgan fingerprint density at radius 3 is 2.00 bits per heavy atom. The Morgan fingerprint density at radius 2 is 1.50 bits per heavy atom. The van der Waals surface area contributed by atoms with Crippen LogP contribution in [0.4, 0.5) is 0 Å². The van der Waals surface area contributed by atoms with Gasteiger partial charge in [-0.2, -0.15) is 0 Å². The van der Waals surface area contributed by atoms with Gasteiger partial charge in [0.05, 0.1) is 0 Å². The summed E-state index contributed by atoms with van der Waals surface area (Å²) < 4.78 is 0. The summed E-state index contributed by atoms with van der Waals surface area (Å²) in [7, 11) is 0. The van der Waals surface area contributed by atoms with E-state index < -0.39 is 0 Å². The third-order valence-corrected chi connectivity index (χ3v) is 3.32. The quantitative estimate of drug-likeness (QED) is 0.843. The molecular weight excluding hydrogens is 248 g/mol. The van der Waals surface area contributed by atoms with Crippen molar-refractivity contribution in [3.8, 4) is 11.5 Å². The van der Waals surface area contributed by atoms with Gasteiger partial charge in [-0.15, -0.1) is 0 Å². The Morgan fingerprint density at radius 1 is 0.850 bits per heavy atom. The lowest BCUT2D eigenvalue weighted by Crippen LogP contribution is -1.82. The number of rotatable bonds is 2. The highest BCUT2D eigenvalue weighted by Crippen LogP contribution is 2.21. The highest BCUT2D eigenvalue weighted by molar-refractivity contribution is 5.39. The van der Waals surface area contributed by atoms with Crippen molar-refractivity contribution in [2.45, 2.75) is 40.5 Å². The molecule has 2 heteroatoms. The van der Waals surface area contributed by atoms with Gasteiger partial charge >= 0.3 is 0 Å². The molecule has 0 aromatic heterocycles. The summed E-state index contributed by atoms with van der Waals surface area (Å²) in [5.74, 6) is 0.868. The Balaban J connectivity index is 0.000000200. The van der Waals surface area contributed by atoms with Crippen LogP contribution < -0.4 is 0 Å². The van der Waals surface area contributed by atoms with Crippen molar-refractivity contribution in [3.63, 3.8) is 0 Å². The van der Waals surface area contributed by atoms with Gasteiger partial charge in [-0.3, -0.25) is 0 Å². The molecule has 0 aliphatic rings. The molecule has 0 saturated heterocycles. The van der Waals surface area contributed by atoms with Gasteiger partial charge in [0, 0.05) is 0 Å². The van der Waals surface area contributed by atoms with Gasteiger partial charge < -0.3 is 10.2 Å². The largest absolute Gasteiger partial charge is 0.508 e. The lowest BCUT2D eigenvalue weighted by Gasteiger charge is -2.02. The van der Waals surface area contributed by atoms with Gasteiger partial charge in [0.15, 0.2) is 0 Å². The van der Waals surface area contributed by atoms with Crippen LogP contribution in [0.5, 0.6) is 11.5 Å². The second-order valence-electron chi connectivity index (χ2n) is 4.92. The van der Waals surface area contributed by atoms with Gasteiger partial charge in [0.25, 0.3) is 0 Å². The molecule has 0 unspecified atom stereocenters. The minimum Gasteiger partial charge on any atom is -0.508 e. The summed E-state index contributed by atoms with van der Waals surface area (Å²) in [6.07, 6.45) is 1.79. The summed E-state index contributed by atoms with van der Waals surface area (Å²) in [6, 6.07) is 11.6. The van der Waals surface area contributed by atoms with Crippen LogP contribution in [0.2, 0.25) is 0 Å². The van der Waals surface area contributed by atoms with Gasteiger partial charge in [0.2, 0.25) is 0 Å². The Bertz CT molecular complexity index is 559. The fourth-order valence-electron chi connectivity index (χ4n) is 1.98. The average molecular weight is 272 g/mol. The molecule has 0 aliphatic carbocycles. The number of para-hydroxylation sites is 1. The van der Waals surface area contributed by atoms with E-state index in [2.05, 4.69) is 0 Å². The van der Waals surface area contributed by atoms with E-state index in [9.17, 15) is 10.2 Å². The van der Waals surface area contributed by atoms with E-state index in [-0.39, 0.29) is 0 Å². The van der Waals surface area contributed by atoms with Gasteiger partial charge in [0.1, 0.15) is 11.5 Å². The molecule has 2 N–H and O–H groups in total. The van der Waals surface area contributed by atoms with Crippen molar-refractivity contribution < 1.29 is 10.2 Å². The van der Waals surface area contributed by atoms with Crippen molar-refractivity contribution in [2.24, 2.45) is 0 Å². The minimum atomic E-state index is 0.419. The van der Waals surface area contributed by atoms with Crippen molar-refractivity contribution in [1.82, 2.24) is 0 Å². The van der Waals surface area contributed by atoms with E-state index in [0.29, 0.717) is 11.5 Å². The normalized spacial score (nSPS) is 9.80. The van der Waals surface area contributed by atoms with Crippen LogP contribution in [-0.2, 0) is 12.8 Å². The summed E-state index contributed by atoms with van der Waals surface area (Å²) in [5.41, 5.74) is 4.11. The molecule has 0 aliphatic heterocycles. The van der Waals surface area contributed by atoms with Gasteiger partial charge in [-0.05, 0) is 55.0 Å². The van der Waals surface area contributed by atoms with Crippen LogP contribution in [0.25, 0.3) is 0 Å². The predicted molar refractivity (Wildman–Crippen MR) is 84.4 cm³/mol. The van der Waals surface area contributed by atoms with Crippen molar-refractivity contribution in [2.75, 3.05) is 0 Å². The van der Waals surface area contributed by atoms with Gasteiger partial charge in [-0.1, -0.05) is 44.2 Å². The molecule has 0 bridgehead atoms. The first-order valence-electron chi connectivity index (χ1n) is 7.05. The third-order valence-electron chi connectivity index (χ3n) is 3.32. The fourth-order valence-corrected chi connectivity index (χ4v) is 1.98. The molecule has 0 radical (unpaired) electrons. The SMILES string of the molecule is CCc1ccc(C)cc1O.CCc1cccc(C)c1O. The van der Waals surface area contributed by atoms with E-state index in [4.69, 9.17) is 0 Å². The molecule has 2 aromatic carbocycles. The Hall–Kier alpha value is -1.96. The Labute approximate surface area is 121 Å². The van der Waals surface area contributed by atoms with E-state index in [1.54, 1.807) is 6.07 Å². The van der Waals surface area contributed by atoms with Crippen LogP contribution in [0, 0.1) is 13.8 Å². The highest BCUT2D eigenvalue weighted by Gasteiger charge is 1.99. The number of phenols is 2. The molecule has 0 amide bonds. The number of hydrogen-bond donors (Lipinski definition) is 2. The lowest BCUT2D eigenvalue weighted by molar-refractivity contribution is 0.464. The summed E-state index contributed by atoms with van der Waals surface area (Å²) >= 11 is 0. The summed E-state index contributed by atoms with van der Waals surface area (Å²) in [5, 5.41) is 18.7. The van der Waals surface area contributed by atoms with Gasteiger partial charge in [-0.25, -0.2) is 0 Å². The molecule has 108 valence electrons. The number of benzene rings is 2. The second kappa shape index (κ2) is 7.59. The standard InChI is InChI=1S/2C9H12O/c1-3-8-5-4-7(2)6-9(8)10;1-3-8-6-4-5-7(2)9(8)10/h2*4-6,10H,3H2,1-2H3. The highest BCUT2D eigenvalue weighted by atomic mass is 16.3. The van der Waals surface area contributed by atoms with Crippen LogP contribution >= 0.6 is 0 Å². The zero-order chi connectivity index (χ0) is 15.1. The second-order valence-corrected chi connectivity index (χ2v) is 4.92. The van der Waals surface area contributed by atoms with Crippen LogP contribution in [0.1, 0.15) is 36.1 Å². The van der Waals surface area contributed by atoms with Crippen molar-refractivity contribution in [1.29, 1.82) is 0 Å².